The SMILES string of the molecule is COC(=O)N[C@@H]1CCCCC1C(=O)N1CCC[C@H]1c1ncc(-c2ccc(-c3ccc(C4=CN=C([C@@H]5CCCN5C(=O)[C@H]5CCCC[C@H]5NC(=O)OC)C4)cc3)cc2)[nH]1. The zero-order chi connectivity index (χ0) is 40.2. The highest BCUT2D eigenvalue weighted by Crippen LogP contribution is 2.37. The van der Waals surface area contributed by atoms with Gasteiger partial charge in [-0.15, -0.1) is 0 Å². The molecule has 0 radical (unpaired) electrons. The number of carbonyl (C=O) groups is 4. The molecule has 8 rings (SSSR count). The number of nitrogens with one attached hydrogen (secondary N) is 3. The molecule has 0 bridgehead atoms. The molecule has 2 aromatic carbocycles. The standard InChI is InChI=1S/C45H55N7O6/c1-57-44(55)49-35-11-5-3-9-33(35)42(53)51-23-7-13-39(51)37-25-32(26-46-37)30-17-15-28(16-18-30)29-19-21-31(22-20-29)38-27-47-41(48-38)40-14-8-24-52(40)43(54)34-10-4-6-12-36(34)50-45(56)58-2/h15-22,26-27,33-36,39-40H,3-14,23-25H2,1-2H3,(H,47,48)(H,49,55)(H,50,56)/t33-,34?,35+,36+,39-,40-/m0/s1. The summed E-state index contributed by atoms with van der Waals surface area (Å²) in [6.07, 6.45) is 14.2. The van der Waals surface area contributed by atoms with Gasteiger partial charge in [-0.1, -0.05) is 74.2 Å². The van der Waals surface area contributed by atoms with Gasteiger partial charge < -0.3 is 34.9 Å². The minimum absolute atomic E-state index is 0.0172. The lowest BCUT2D eigenvalue weighted by atomic mass is 9.83. The van der Waals surface area contributed by atoms with Crippen LogP contribution in [0.25, 0.3) is 28.0 Å². The summed E-state index contributed by atoms with van der Waals surface area (Å²) in [5.41, 5.74) is 7.43. The quantitative estimate of drug-likeness (QED) is 0.204. The summed E-state index contributed by atoms with van der Waals surface area (Å²) in [5.74, 6) is 0.503. The maximum Gasteiger partial charge on any atom is 0.407 e. The van der Waals surface area contributed by atoms with Crippen molar-refractivity contribution in [2.45, 2.75) is 108 Å². The summed E-state index contributed by atoms with van der Waals surface area (Å²) in [7, 11) is 2.71. The van der Waals surface area contributed by atoms with Crippen molar-refractivity contribution in [2.24, 2.45) is 16.8 Å². The minimum atomic E-state index is -0.489. The average Bonchev–Trinajstić information content (AvgIpc) is 4.11. The lowest BCUT2D eigenvalue weighted by Crippen LogP contribution is -2.51. The van der Waals surface area contributed by atoms with E-state index in [0.717, 1.165) is 122 Å². The molecule has 13 heteroatoms. The van der Waals surface area contributed by atoms with E-state index < -0.39 is 12.2 Å². The van der Waals surface area contributed by atoms with Crippen molar-refractivity contribution < 1.29 is 28.7 Å². The van der Waals surface area contributed by atoms with E-state index in [4.69, 9.17) is 19.5 Å². The Morgan fingerprint density at radius 3 is 1.71 bits per heavy atom. The number of aromatic amines is 1. The van der Waals surface area contributed by atoms with Crippen LogP contribution >= 0.6 is 0 Å². The predicted octanol–water partition coefficient (Wildman–Crippen LogP) is 7.41. The molecule has 2 saturated carbocycles. The summed E-state index contributed by atoms with van der Waals surface area (Å²) >= 11 is 0. The highest BCUT2D eigenvalue weighted by molar-refractivity contribution is 6.03. The third kappa shape index (κ3) is 8.26. The zero-order valence-electron chi connectivity index (χ0n) is 33.6. The van der Waals surface area contributed by atoms with Gasteiger partial charge in [-0.3, -0.25) is 14.6 Å². The van der Waals surface area contributed by atoms with Crippen molar-refractivity contribution in [1.29, 1.82) is 0 Å². The van der Waals surface area contributed by atoms with E-state index in [0.29, 0.717) is 19.5 Å². The summed E-state index contributed by atoms with van der Waals surface area (Å²) in [6, 6.07) is 16.4. The van der Waals surface area contributed by atoms with Gasteiger partial charge in [-0.2, -0.15) is 0 Å². The van der Waals surface area contributed by atoms with Crippen LogP contribution in [0, 0.1) is 11.8 Å². The molecule has 13 nitrogen and oxygen atoms in total. The van der Waals surface area contributed by atoms with Crippen molar-refractivity contribution >= 4 is 35.3 Å². The Morgan fingerprint density at radius 2 is 1.14 bits per heavy atom. The van der Waals surface area contributed by atoms with Gasteiger partial charge in [0.25, 0.3) is 0 Å². The van der Waals surface area contributed by atoms with E-state index in [9.17, 15) is 19.2 Å². The van der Waals surface area contributed by atoms with Gasteiger partial charge >= 0.3 is 12.2 Å². The number of aromatic nitrogens is 2. The first-order valence-electron chi connectivity index (χ1n) is 21.1. The molecule has 4 heterocycles. The fraction of sp³-hybridized carbons (Fsp3) is 0.511. The van der Waals surface area contributed by atoms with Crippen molar-refractivity contribution in [3.63, 3.8) is 0 Å². The van der Waals surface area contributed by atoms with Crippen LogP contribution in [0.2, 0.25) is 0 Å². The van der Waals surface area contributed by atoms with Crippen molar-refractivity contribution in [3.8, 4) is 22.4 Å². The molecule has 3 aromatic rings. The number of alkyl carbamates (subject to hydrolysis) is 2. The van der Waals surface area contributed by atoms with Gasteiger partial charge in [0.1, 0.15) is 5.82 Å². The number of H-pyrrole nitrogens is 1. The van der Waals surface area contributed by atoms with Crippen LogP contribution < -0.4 is 10.6 Å². The second-order valence-corrected chi connectivity index (χ2v) is 16.4. The highest BCUT2D eigenvalue weighted by Gasteiger charge is 2.42. The lowest BCUT2D eigenvalue weighted by molar-refractivity contribution is -0.139. The number of benzene rings is 2. The number of hydrogen-bond donors (Lipinski definition) is 3. The summed E-state index contributed by atoms with van der Waals surface area (Å²) in [6.45, 7) is 1.40. The Labute approximate surface area is 340 Å². The number of imidazole rings is 1. The number of aliphatic imine (C=N–C) groups is 1. The fourth-order valence-electron chi connectivity index (χ4n) is 9.94. The molecule has 1 unspecified atom stereocenters. The minimum Gasteiger partial charge on any atom is -0.453 e. The number of hydrogen-bond acceptors (Lipinski definition) is 8. The van der Waals surface area contributed by atoms with E-state index in [1.807, 2.05) is 22.2 Å². The lowest BCUT2D eigenvalue weighted by Gasteiger charge is -2.35. The first-order chi connectivity index (χ1) is 28.3. The highest BCUT2D eigenvalue weighted by atomic mass is 16.5. The average molecular weight is 790 g/mol. The van der Waals surface area contributed by atoms with E-state index in [1.165, 1.54) is 14.2 Å². The maximum atomic E-state index is 13.9. The van der Waals surface area contributed by atoms with Gasteiger partial charge in [0, 0.05) is 43.5 Å². The maximum absolute atomic E-state index is 13.9. The fourth-order valence-corrected chi connectivity index (χ4v) is 9.94. The molecular weight excluding hydrogens is 735 g/mol. The number of nitrogens with zero attached hydrogens (tertiary/aromatic N) is 4. The van der Waals surface area contributed by atoms with Crippen LogP contribution in [0.5, 0.6) is 0 Å². The molecule has 2 saturated heterocycles. The van der Waals surface area contributed by atoms with Crippen LogP contribution in [0.4, 0.5) is 9.59 Å². The number of amides is 4. The Bertz CT molecular complexity index is 2040. The van der Waals surface area contributed by atoms with Crippen LogP contribution in [-0.2, 0) is 19.1 Å². The summed E-state index contributed by atoms with van der Waals surface area (Å²) in [5, 5.41) is 5.82. The van der Waals surface area contributed by atoms with Crippen LogP contribution in [0.3, 0.4) is 0 Å². The second kappa shape index (κ2) is 17.6. The number of likely N-dealkylation sites (tertiary alicyclic amines) is 2. The van der Waals surface area contributed by atoms with Gasteiger partial charge in [-0.05, 0) is 79.2 Å². The Hall–Kier alpha value is -5.46. The van der Waals surface area contributed by atoms with E-state index >= 15 is 0 Å². The van der Waals surface area contributed by atoms with Crippen molar-refractivity contribution in [3.05, 3.63) is 72.3 Å². The molecule has 4 amide bonds. The van der Waals surface area contributed by atoms with Crippen molar-refractivity contribution in [2.75, 3.05) is 27.3 Å². The van der Waals surface area contributed by atoms with Crippen LogP contribution in [0.15, 0.2) is 65.9 Å². The molecule has 3 aliphatic heterocycles. The van der Waals surface area contributed by atoms with Crippen LogP contribution in [-0.4, -0.2) is 94.9 Å². The summed E-state index contributed by atoms with van der Waals surface area (Å²) in [4.78, 5) is 68.8. The number of ether oxygens (including phenoxy) is 2. The van der Waals surface area contributed by atoms with Crippen molar-refractivity contribution in [1.82, 2.24) is 30.4 Å². The number of allylic oxidation sites excluding steroid dienone is 1. The molecule has 58 heavy (non-hydrogen) atoms. The normalized spacial score (nSPS) is 25.8. The molecule has 4 fully saturated rings. The first kappa shape index (κ1) is 39.4. The number of carbonyl (C=O) groups excluding carboxylic acids is 4. The molecule has 3 N–H and O–H groups in total. The molecular formula is C45H55N7O6. The van der Waals surface area contributed by atoms with Crippen LogP contribution in [0.1, 0.15) is 101 Å². The summed E-state index contributed by atoms with van der Waals surface area (Å²) < 4.78 is 9.68. The van der Waals surface area contributed by atoms with E-state index in [-0.39, 0.29) is 47.8 Å². The third-order valence-electron chi connectivity index (χ3n) is 13.1. The molecule has 0 spiro atoms. The third-order valence-corrected chi connectivity index (χ3v) is 13.1. The first-order valence-corrected chi connectivity index (χ1v) is 21.1. The monoisotopic (exact) mass is 789 g/mol. The van der Waals surface area contributed by atoms with E-state index in [1.54, 1.807) is 0 Å². The largest absolute Gasteiger partial charge is 0.453 e. The van der Waals surface area contributed by atoms with Gasteiger partial charge in [0.05, 0.1) is 50.0 Å². The zero-order valence-corrected chi connectivity index (χ0v) is 33.6. The smallest absolute Gasteiger partial charge is 0.407 e. The molecule has 2 aliphatic carbocycles. The number of rotatable bonds is 9. The second-order valence-electron chi connectivity index (χ2n) is 16.4. The van der Waals surface area contributed by atoms with E-state index in [2.05, 4.69) is 64.1 Å². The topological polar surface area (TPSA) is 158 Å². The molecule has 6 atom stereocenters. The Morgan fingerprint density at radius 1 is 0.638 bits per heavy atom. The molecule has 306 valence electrons. The number of methoxy groups -OCH3 is 2. The van der Waals surface area contributed by atoms with Gasteiger partial charge in [-0.25, -0.2) is 14.6 Å². The predicted molar refractivity (Wildman–Crippen MR) is 220 cm³/mol. The Kier molecular flexibility index (Phi) is 11.9. The molecule has 1 aromatic heterocycles. The van der Waals surface area contributed by atoms with Gasteiger partial charge in [0.15, 0.2) is 0 Å². The van der Waals surface area contributed by atoms with Gasteiger partial charge in [0.2, 0.25) is 11.8 Å². The Balaban J connectivity index is 0.874. The molecule has 5 aliphatic rings.